The first kappa shape index (κ1) is 10.7. The van der Waals surface area contributed by atoms with Crippen LogP contribution in [-0.2, 0) is 4.57 Å². The van der Waals surface area contributed by atoms with Gasteiger partial charge in [-0.2, -0.15) is 0 Å². The smallest absolute Gasteiger partial charge is 0.225 e. The first-order valence-electron chi connectivity index (χ1n) is 5.25. The number of hydrogen-bond donors (Lipinski definition) is 1. The molecule has 1 aromatic carbocycles. The Hall–Kier alpha value is -0.850. The third-order valence-corrected chi connectivity index (χ3v) is 5.02. The fourth-order valence-electron chi connectivity index (χ4n) is 1.64. The van der Waals surface area contributed by atoms with Gasteiger partial charge in [-0.15, -0.1) is 0 Å². The zero-order valence-electron chi connectivity index (χ0n) is 8.54. The maximum atomic E-state index is 11.8. The van der Waals surface area contributed by atoms with E-state index < -0.39 is 7.37 Å². The molecule has 0 radical (unpaired) electrons. The average molecular weight is 222 g/mol. The van der Waals surface area contributed by atoms with Crippen LogP contribution in [0.5, 0.6) is 0 Å². The van der Waals surface area contributed by atoms with Crippen molar-refractivity contribution in [1.82, 2.24) is 0 Å². The second kappa shape index (κ2) is 4.34. The minimum absolute atomic E-state index is 0.0115. The van der Waals surface area contributed by atoms with E-state index in [2.05, 4.69) is 0 Å². The van der Waals surface area contributed by atoms with E-state index in [1.165, 1.54) is 5.82 Å². The van der Waals surface area contributed by atoms with Crippen LogP contribution < -0.4 is 0 Å². The van der Waals surface area contributed by atoms with Gasteiger partial charge in [0, 0.05) is 11.5 Å². The van der Waals surface area contributed by atoms with Crippen LogP contribution in [0.1, 0.15) is 24.8 Å². The monoisotopic (exact) mass is 222 g/mol. The predicted molar refractivity (Wildman–Crippen MR) is 62.9 cm³/mol. The summed E-state index contributed by atoms with van der Waals surface area (Å²) in [4.78, 5) is 9.76. The van der Waals surface area contributed by atoms with E-state index in [0.29, 0.717) is 0 Å². The van der Waals surface area contributed by atoms with Crippen molar-refractivity contribution in [1.29, 1.82) is 0 Å². The van der Waals surface area contributed by atoms with Crippen molar-refractivity contribution in [2.75, 3.05) is 0 Å². The maximum Gasteiger partial charge on any atom is 0.225 e. The summed E-state index contributed by atoms with van der Waals surface area (Å²) in [5, 5.41) is 0. The summed E-state index contributed by atoms with van der Waals surface area (Å²) in [5.74, 6) is 1.49. The fraction of sp³-hybridized carbons (Fsp3) is 0.333. The lowest BCUT2D eigenvalue weighted by molar-refractivity contribution is 0.418. The quantitative estimate of drug-likeness (QED) is 0.795. The second-order valence-electron chi connectivity index (χ2n) is 3.98. The summed E-state index contributed by atoms with van der Waals surface area (Å²) in [7, 11) is -3.04. The Kier molecular flexibility index (Phi) is 3.08. The molecule has 1 atom stereocenters. The molecular weight excluding hydrogens is 207 g/mol. The Morgan fingerprint density at radius 2 is 1.93 bits per heavy atom. The summed E-state index contributed by atoms with van der Waals surface area (Å²) in [6.45, 7) is 0. The minimum atomic E-state index is -3.04. The molecule has 3 heteroatoms. The highest BCUT2D eigenvalue weighted by Crippen LogP contribution is 2.55. The summed E-state index contributed by atoms with van der Waals surface area (Å²) in [5.41, 5.74) is 0.989. The molecule has 1 aliphatic carbocycles. The largest absolute Gasteiger partial charge is 0.341 e. The van der Waals surface area contributed by atoms with E-state index in [1.54, 1.807) is 6.08 Å². The Balaban J connectivity index is 2.07. The molecule has 0 aromatic heterocycles. The Morgan fingerprint density at radius 3 is 2.47 bits per heavy atom. The zero-order chi connectivity index (χ0) is 10.7. The third-order valence-electron chi connectivity index (χ3n) is 2.88. The molecule has 1 N–H and O–H groups in total. The van der Waals surface area contributed by atoms with Crippen LogP contribution in [0.3, 0.4) is 0 Å². The SMILES string of the molecule is O=P(O)(C=Cc1ccccc1)C1CCC1. The topological polar surface area (TPSA) is 37.3 Å². The van der Waals surface area contributed by atoms with E-state index in [4.69, 9.17) is 0 Å². The summed E-state index contributed by atoms with van der Waals surface area (Å²) in [6.07, 6.45) is 4.63. The predicted octanol–water partition coefficient (Wildman–Crippen LogP) is 3.48. The molecule has 1 aliphatic rings. The number of benzene rings is 1. The highest BCUT2D eigenvalue weighted by molar-refractivity contribution is 7.62. The van der Waals surface area contributed by atoms with Crippen molar-refractivity contribution in [3.8, 4) is 0 Å². The molecule has 0 spiro atoms. The molecule has 15 heavy (non-hydrogen) atoms. The molecule has 1 fully saturated rings. The molecule has 2 nitrogen and oxygen atoms in total. The van der Waals surface area contributed by atoms with E-state index in [9.17, 15) is 9.46 Å². The van der Waals surface area contributed by atoms with Gasteiger partial charge in [-0.05, 0) is 24.5 Å². The lowest BCUT2D eigenvalue weighted by Crippen LogP contribution is -2.16. The van der Waals surface area contributed by atoms with Crippen LogP contribution in [0.4, 0.5) is 0 Å². The second-order valence-corrected chi connectivity index (χ2v) is 6.36. The van der Waals surface area contributed by atoms with Gasteiger partial charge < -0.3 is 4.89 Å². The van der Waals surface area contributed by atoms with Crippen molar-refractivity contribution in [2.45, 2.75) is 24.9 Å². The lowest BCUT2D eigenvalue weighted by atomic mass is 10.00. The Morgan fingerprint density at radius 1 is 1.27 bits per heavy atom. The van der Waals surface area contributed by atoms with E-state index in [1.807, 2.05) is 30.3 Å². The van der Waals surface area contributed by atoms with Gasteiger partial charge >= 0.3 is 0 Å². The van der Waals surface area contributed by atoms with Crippen LogP contribution in [0.2, 0.25) is 0 Å². The molecule has 0 aliphatic heterocycles. The molecule has 2 rings (SSSR count). The molecule has 0 saturated heterocycles. The Labute approximate surface area is 90.1 Å². The minimum Gasteiger partial charge on any atom is -0.341 e. The van der Waals surface area contributed by atoms with E-state index in [0.717, 1.165) is 24.8 Å². The first-order valence-corrected chi connectivity index (χ1v) is 7.05. The maximum absolute atomic E-state index is 11.8. The van der Waals surface area contributed by atoms with Gasteiger partial charge in [-0.1, -0.05) is 36.8 Å². The Bertz CT molecular complexity index is 393. The average Bonchev–Trinajstić information content (AvgIpc) is 2.13. The van der Waals surface area contributed by atoms with Crippen LogP contribution in [0.15, 0.2) is 36.1 Å². The van der Waals surface area contributed by atoms with Gasteiger partial charge in [0.25, 0.3) is 0 Å². The van der Waals surface area contributed by atoms with Gasteiger partial charge in [0.1, 0.15) is 0 Å². The van der Waals surface area contributed by atoms with Crippen molar-refractivity contribution < 1.29 is 9.46 Å². The normalized spacial score (nSPS) is 21.1. The molecule has 80 valence electrons. The molecular formula is C12H15O2P. The van der Waals surface area contributed by atoms with Crippen LogP contribution in [0.25, 0.3) is 6.08 Å². The van der Waals surface area contributed by atoms with Crippen molar-refractivity contribution in [3.63, 3.8) is 0 Å². The van der Waals surface area contributed by atoms with Crippen LogP contribution >= 0.6 is 7.37 Å². The lowest BCUT2D eigenvalue weighted by Gasteiger charge is -2.27. The molecule has 1 aromatic rings. The molecule has 1 unspecified atom stereocenters. The zero-order valence-corrected chi connectivity index (χ0v) is 9.44. The van der Waals surface area contributed by atoms with Gasteiger partial charge in [0.2, 0.25) is 7.37 Å². The van der Waals surface area contributed by atoms with Crippen molar-refractivity contribution in [2.24, 2.45) is 0 Å². The number of rotatable bonds is 3. The summed E-state index contributed by atoms with van der Waals surface area (Å²) < 4.78 is 11.8. The van der Waals surface area contributed by atoms with Gasteiger partial charge in [-0.3, -0.25) is 4.57 Å². The van der Waals surface area contributed by atoms with E-state index in [-0.39, 0.29) is 5.66 Å². The fourth-order valence-corrected chi connectivity index (χ4v) is 3.37. The highest BCUT2D eigenvalue weighted by Gasteiger charge is 2.33. The summed E-state index contributed by atoms with van der Waals surface area (Å²) in [6, 6.07) is 9.63. The van der Waals surface area contributed by atoms with Gasteiger partial charge in [0.15, 0.2) is 0 Å². The van der Waals surface area contributed by atoms with Gasteiger partial charge in [-0.25, -0.2) is 0 Å². The molecule has 0 bridgehead atoms. The molecule has 0 amide bonds. The summed E-state index contributed by atoms with van der Waals surface area (Å²) >= 11 is 0. The number of hydrogen-bond acceptors (Lipinski definition) is 1. The first-order chi connectivity index (χ1) is 7.18. The molecule has 1 saturated carbocycles. The third kappa shape index (κ3) is 2.58. The van der Waals surface area contributed by atoms with E-state index >= 15 is 0 Å². The standard InChI is InChI=1S/C12H15O2P/c13-15(14,12-7-4-8-12)10-9-11-5-2-1-3-6-11/h1-3,5-6,9-10,12H,4,7-8H2,(H,13,14). The van der Waals surface area contributed by atoms with Crippen molar-refractivity contribution in [3.05, 3.63) is 41.7 Å². The van der Waals surface area contributed by atoms with Gasteiger partial charge in [0.05, 0.1) is 0 Å². The highest BCUT2D eigenvalue weighted by atomic mass is 31.2. The van der Waals surface area contributed by atoms with Crippen molar-refractivity contribution >= 4 is 13.4 Å². The van der Waals surface area contributed by atoms with Crippen LogP contribution in [0, 0.1) is 0 Å². The molecule has 0 heterocycles. The van der Waals surface area contributed by atoms with Crippen LogP contribution in [-0.4, -0.2) is 10.6 Å².